The van der Waals surface area contributed by atoms with Gasteiger partial charge < -0.3 is 14.5 Å². The first-order valence-electron chi connectivity index (χ1n) is 6.79. The van der Waals surface area contributed by atoms with Crippen molar-refractivity contribution in [2.45, 2.75) is 19.8 Å². The Labute approximate surface area is 131 Å². The lowest BCUT2D eigenvalue weighted by atomic mass is 10.2. The van der Waals surface area contributed by atoms with E-state index >= 15 is 0 Å². The number of benzene rings is 1. The molecule has 0 unspecified atom stereocenters. The maximum atomic E-state index is 12.0. The molecule has 0 radical (unpaired) electrons. The van der Waals surface area contributed by atoms with Gasteiger partial charge in [-0.25, -0.2) is 9.97 Å². The third-order valence-electron chi connectivity index (χ3n) is 3.12. The molecule has 0 saturated heterocycles. The number of nitrogens with zero attached hydrogens (tertiary/aromatic N) is 2. The monoisotopic (exact) mass is 317 g/mol. The highest BCUT2D eigenvalue weighted by molar-refractivity contribution is 7.22. The van der Waals surface area contributed by atoms with Crippen LogP contribution in [-0.4, -0.2) is 23.0 Å². The summed E-state index contributed by atoms with van der Waals surface area (Å²) >= 11 is 1.42. The normalized spacial score (nSPS) is 10.8. The Hall–Kier alpha value is -2.41. The number of aryl methyl sites for hydroxylation is 2. The van der Waals surface area contributed by atoms with Crippen LogP contribution < -0.4 is 10.1 Å². The zero-order valence-electron chi connectivity index (χ0n) is 12.3. The zero-order chi connectivity index (χ0) is 15.5. The Morgan fingerprint density at radius 2 is 2.27 bits per heavy atom. The second-order valence-electron chi connectivity index (χ2n) is 4.76. The molecule has 0 fully saturated rings. The van der Waals surface area contributed by atoms with Crippen molar-refractivity contribution in [1.82, 2.24) is 9.97 Å². The minimum Gasteiger partial charge on any atom is -0.497 e. The number of hydrogen-bond acceptors (Lipinski definition) is 6. The second-order valence-corrected chi connectivity index (χ2v) is 5.79. The number of rotatable bonds is 5. The summed E-state index contributed by atoms with van der Waals surface area (Å²) in [4.78, 5) is 20.5. The van der Waals surface area contributed by atoms with E-state index in [2.05, 4.69) is 15.3 Å². The molecule has 0 bridgehead atoms. The lowest BCUT2D eigenvalue weighted by Crippen LogP contribution is -2.12. The SMILES string of the molecule is COc1ccc2nc(NC(=O)CCc3coc(C)n3)sc2c1. The van der Waals surface area contributed by atoms with E-state index in [4.69, 9.17) is 9.15 Å². The highest BCUT2D eigenvalue weighted by Gasteiger charge is 2.10. The number of hydrogen-bond donors (Lipinski definition) is 1. The van der Waals surface area contributed by atoms with E-state index < -0.39 is 0 Å². The van der Waals surface area contributed by atoms with Gasteiger partial charge >= 0.3 is 0 Å². The smallest absolute Gasteiger partial charge is 0.226 e. The topological polar surface area (TPSA) is 77.2 Å². The molecule has 114 valence electrons. The molecular weight excluding hydrogens is 302 g/mol. The number of fused-ring (bicyclic) bond motifs is 1. The van der Waals surface area contributed by atoms with Gasteiger partial charge in [-0.2, -0.15) is 0 Å². The number of nitrogens with one attached hydrogen (secondary N) is 1. The molecule has 0 aliphatic heterocycles. The van der Waals surface area contributed by atoms with Crippen LogP contribution in [0.25, 0.3) is 10.2 Å². The predicted molar refractivity (Wildman–Crippen MR) is 84.4 cm³/mol. The van der Waals surface area contributed by atoms with Crippen LogP contribution in [0.15, 0.2) is 28.9 Å². The zero-order valence-corrected chi connectivity index (χ0v) is 13.1. The largest absolute Gasteiger partial charge is 0.497 e. The van der Waals surface area contributed by atoms with E-state index in [0.29, 0.717) is 23.9 Å². The van der Waals surface area contributed by atoms with Gasteiger partial charge in [-0.1, -0.05) is 11.3 Å². The lowest BCUT2D eigenvalue weighted by molar-refractivity contribution is -0.116. The molecule has 22 heavy (non-hydrogen) atoms. The average molecular weight is 317 g/mol. The molecule has 7 heteroatoms. The first-order chi connectivity index (χ1) is 10.6. The number of anilines is 1. The van der Waals surface area contributed by atoms with Gasteiger partial charge in [0.2, 0.25) is 5.91 Å². The van der Waals surface area contributed by atoms with E-state index in [1.807, 2.05) is 18.2 Å². The lowest BCUT2D eigenvalue weighted by Gasteiger charge is -1.99. The van der Waals surface area contributed by atoms with E-state index in [1.54, 1.807) is 20.3 Å². The third-order valence-corrected chi connectivity index (χ3v) is 4.05. The molecular formula is C15H15N3O3S. The van der Waals surface area contributed by atoms with Crippen molar-refractivity contribution < 1.29 is 13.9 Å². The van der Waals surface area contributed by atoms with Crippen LogP contribution in [0.4, 0.5) is 5.13 Å². The molecule has 0 atom stereocenters. The van der Waals surface area contributed by atoms with E-state index in [1.165, 1.54) is 11.3 Å². The van der Waals surface area contributed by atoms with Crippen molar-refractivity contribution in [2.75, 3.05) is 12.4 Å². The Morgan fingerprint density at radius 1 is 1.41 bits per heavy atom. The van der Waals surface area contributed by atoms with Crippen LogP contribution in [0, 0.1) is 6.92 Å². The molecule has 1 N–H and O–H groups in total. The quantitative estimate of drug-likeness (QED) is 0.782. The van der Waals surface area contributed by atoms with E-state index in [0.717, 1.165) is 21.7 Å². The van der Waals surface area contributed by atoms with Gasteiger partial charge in [-0.15, -0.1) is 0 Å². The van der Waals surface area contributed by atoms with Gasteiger partial charge in [0, 0.05) is 19.8 Å². The van der Waals surface area contributed by atoms with Gasteiger partial charge in [0.1, 0.15) is 12.0 Å². The van der Waals surface area contributed by atoms with Crippen LogP contribution in [-0.2, 0) is 11.2 Å². The summed E-state index contributed by atoms with van der Waals surface area (Å²) in [5.74, 6) is 1.29. The molecule has 0 saturated carbocycles. The van der Waals surface area contributed by atoms with Gasteiger partial charge in [-0.05, 0) is 18.2 Å². The van der Waals surface area contributed by atoms with Crippen molar-refractivity contribution in [3.8, 4) is 5.75 Å². The average Bonchev–Trinajstić information content (AvgIpc) is 3.09. The molecule has 0 spiro atoms. The number of carbonyl (C=O) groups is 1. The highest BCUT2D eigenvalue weighted by atomic mass is 32.1. The summed E-state index contributed by atoms with van der Waals surface area (Å²) in [5.41, 5.74) is 1.62. The van der Waals surface area contributed by atoms with Crippen LogP contribution in [0.3, 0.4) is 0 Å². The Kier molecular flexibility index (Phi) is 4.06. The maximum Gasteiger partial charge on any atom is 0.226 e. The standard InChI is InChI=1S/C15H15N3O3S/c1-9-16-10(8-21-9)3-6-14(19)18-15-17-12-5-4-11(20-2)7-13(12)22-15/h4-5,7-8H,3,6H2,1-2H3,(H,17,18,19). The molecule has 1 amide bonds. The van der Waals surface area contributed by atoms with Gasteiger partial charge in [0.25, 0.3) is 0 Å². The molecule has 3 rings (SSSR count). The highest BCUT2D eigenvalue weighted by Crippen LogP contribution is 2.29. The van der Waals surface area contributed by atoms with Crippen molar-refractivity contribution in [1.29, 1.82) is 0 Å². The van der Waals surface area contributed by atoms with Crippen LogP contribution >= 0.6 is 11.3 Å². The number of oxazole rings is 1. The Bertz CT molecular complexity index is 809. The summed E-state index contributed by atoms with van der Waals surface area (Å²) in [6, 6.07) is 5.62. The number of thiazole rings is 1. The first-order valence-corrected chi connectivity index (χ1v) is 7.61. The number of ether oxygens (including phenoxy) is 1. The van der Waals surface area contributed by atoms with Crippen LogP contribution in [0.1, 0.15) is 18.0 Å². The molecule has 0 aliphatic carbocycles. The summed E-state index contributed by atoms with van der Waals surface area (Å²) in [7, 11) is 1.62. The van der Waals surface area contributed by atoms with Gasteiger partial charge in [-0.3, -0.25) is 4.79 Å². The fourth-order valence-electron chi connectivity index (χ4n) is 2.03. The maximum absolute atomic E-state index is 12.0. The Morgan fingerprint density at radius 3 is 3.00 bits per heavy atom. The molecule has 3 aromatic rings. The number of methoxy groups -OCH3 is 1. The van der Waals surface area contributed by atoms with Crippen molar-refractivity contribution in [2.24, 2.45) is 0 Å². The third kappa shape index (κ3) is 3.25. The van der Waals surface area contributed by atoms with Gasteiger partial charge in [0.15, 0.2) is 11.0 Å². The molecule has 0 aliphatic rings. The minimum absolute atomic E-state index is 0.0910. The Balaban J connectivity index is 1.63. The van der Waals surface area contributed by atoms with Crippen LogP contribution in [0.2, 0.25) is 0 Å². The summed E-state index contributed by atoms with van der Waals surface area (Å²) < 4.78 is 11.3. The molecule has 1 aromatic carbocycles. The van der Waals surface area contributed by atoms with Crippen molar-refractivity contribution in [3.05, 3.63) is 36.0 Å². The van der Waals surface area contributed by atoms with Crippen molar-refractivity contribution >= 4 is 32.6 Å². The second kappa shape index (κ2) is 6.15. The van der Waals surface area contributed by atoms with E-state index in [-0.39, 0.29) is 5.91 Å². The summed E-state index contributed by atoms with van der Waals surface area (Å²) in [6.45, 7) is 1.78. The number of aromatic nitrogens is 2. The minimum atomic E-state index is -0.0910. The first kappa shape index (κ1) is 14.5. The molecule has 6 nitrogen and oxygen atoms in total. The number of carbonyl (C=O) groups excluding carboxylic acids is 1. The predicted octanol–water partition coefficient (Wildman–Crippen LogP) is 3.17. The fraction of sp³-hybridized carbons (Fsp3) is 0.267. The van der Waals surface area contributed by atoms with Gasteiger partial charge in [0.05, 0.1) is 23.0 Å². The fourth-order valence-corrected chi connectivity index (χ4v) is 2.94. The molecule has 2 aromatic heterocycles. The molecule has 2 heterocycles. The summed E-state index contributed by atoms with van der Waals surface area (Å²) in [6.07, 6.45) is 2.46. The number of amides is 1. The van der Waals surface area contributed by atoms with Crippen LogP contribution in [0.5, 0.6) is 5.75 Å². The summed E-state index contributed by atoms with van der Waals surface area (Å²) in [5, 5.41) is 3.40. The van der Waals surface area contributed by atoms with E-state index in [9.17, 15) is 4.79 Å². The van der Waals surface area contributed by atoms with Crippen molar-refractivity contribution in [3.63, 3.8) is 0 Å².